The van der Waals surface area contributed by atoms with E-state index in [9.17, 15) is 4.79 Å². The fourth-order valence-corrected chi connectivity index (χ4v) is 2.97. The van der Waals surface area contributed by atoms with Crippen molar-refractivity contribution in [2.45, 2.75) is 26.2 Å². The van der Waals surface area contributed by atoms with Crippen LogP contribution in [0.4, 0.5) is 5.82 Å². The average Bonchev–Trinajstić information content (AvgIpc) is 2.55. The van der Waals surface area contributed by atoms with E-state index in [0.29, 0.717) is 29.7 Å². The third-order valence-corrected chi connectivity index (χ3v) is 4.57. The van der Waals surface area contributed by atoms with E-state index in [0.717, 1.165) is 24.6 Å². The third-order valence-electron chi connectivity index (χ3n) is 4.36. The molecule has 1 aliphatic rings. The first kappa shape index (κ1) is 15.2. The molecule has 6 heteroatoms. The number of pyridine rings is 2. The number of hydrogen-bond acceptors (Lipinski definition) is 4. The highest BCUT2D eigenvalue weighted by atomic mass is 35.5. The molecule has 1 N–H and O–H groups in total. The second-order valence-electron chi connectivity index (χ2n) is 5.60. The van der Waals surface area contributed by atoms with Crippen molar-refractivity contribution in [1.29, 1.82) is 0 Å². The number of anilines is 1. The normalized spacial score (nSPS) is 17.4. The number of aromatic nitrogens is 2. The molecule has 2 aromatic rings. The first-order chi connectivity index (χ1) is 10.6. The molecule has 0 radical (unpaired) electrons. The SMILES string of the molecule is CCC1(C(=O)Nc2ccc3cc(Cl)cnc3n2)CCOCC1. The number of ether oxygens (including phenoxy) is 1. The van der Waals surface area contributed by atoms with Crippen LogP contribution in [0.5, 0.6) is 0 Å². The summed E-state index contributed by atoms with van der Waals surface area (Å²) in [5, 5.41) is 4.35. The molecule has 2 aromatic heterocycles. The van der Waals surface area contributed by atoms with Gasteiger partial charge in [-0.3, -0.25) is 4.79 Å². The van der Waals surface area contributed by atoms with Gasteiger partial charge in [0.1, 0.15) is 5.82 Å². The van der Waals surface area contributed by atoms with Crippen LogP contribution in [0.25, 0.3) is 11.0 Å². The zero-order valence-electron chi connectivity index (χ0n) is 12.4. The first-order valence-corrected chi connectivity index (χ1v) is 7.82. The van der Waals surface area contributed by atoms with Gasteiger partial charge < -0.3 is 10.1 Å². The van der Waals surface area contributed by atoms with E-state index in [-0.39, 0.29) is 11.3 Å². The summed E-state index contributed by atoms with van der Waals surface area (Å²) in [6.45, 7) is 3.31. The fourth-order valence-electron chi connectivity index (χ4n) is 2.81. The summed E-state index contributed by atoms with van der Waals surface area (Å²) >= 11 is 5.91. The summed E-state index contributed by atoms with van der Waals surface area (Å²) in [7, 11) is 0. The molecule has 0 spiro atoms. The lowest BCUT2D eigenvalue weighted by atomic mass is 9.77. The van der Waals surface area contributed by atoms with Crippen molar-refractivity contribution in [2.24, 2.45) is 5.41 Å². The van der Waals surface area contributed by atoms with E-state index in [1.807, 2.05) is 13.0 Å². The monoisotopic (exact) mass is 319 g/mol. The molecule has 3 rings (SSSR count). The highest BCUT2D eigenvalue weighted by molar-refractivity contribution is 6.31. The van der Waals surface area contributed by atoms with Crippen LogP contribution >= 0.6 is 11.6 Å². The van der Waals surface area contributed by atoms with E-state index in [1.165, 1.54) is 0 Å². The third kappa shape index (κ3) is 2.91. The smallest absolute Gasteiger partial charge is 0.231 e. The molecule has 0 aliphatic carbocycles. The van der Waals surface area contributed by atoms with E-state index < -0.39 is 0 Å². The standard InChI is InChI=1S/C16H18ClN3O2/c1-2-16(5-7-22-8-6-16)15(21)20-13-4-3-11-9-12(17)10-18-14(11)19-13/h3-4,9-10H,2,5-8H2,1H3,(H,18,19,20,21). The summed E-state index contributed by atoms with van der Waals surface area (Å²) in [6, 6.07) is 5.44. The molecule has 0 bridgehead atoms. The van der Waals surface area contributed by atoms with Crippen LogP contribution in [0, 0.1) is 5.41 Å². The van der Waals surface area contributed by atoms with Crippen LogP contribution in [0.2, 0.25) is 5.02 Å². The van der Waals surface area contributed by atoms with Crippen LogP contribution in [0.15, 0.2) is 24.4 Å². The van der Waals surface area contributed by atoms with Crippen LogP contribution in [-0.4, -0.2) is 29.1 Å². The molecule has 0 atom stereocenters. The van der Waals surface area contributed by atoms with Gasteiger partial charge in [0, 0.05) is 24.8 Å². The topological polar surface area (TPSA) is 64.1 Å². The molecular formula is C16H18ClN3O2. The van der Waals surface area contributed by atoms with Crippen LogP contribution in [0.3, 0.4) is 0 Å². The van der Waals surface area contributed by atoms with Crippen LogP contribution < -0.4 is 5.32 Å². The largest absolute Gasteiger partial charge is 0.381 e. The molecule has 1 fully saturated rings. The number of hydrogen-bond donors (Lipinski definition) is 1. The van der Waals surface area contributed by atoms with Crippen molar-refractivity contribution in [1.82, 2.24) is 9.97 Å². The molecule has 0 unspecified atom stereocenters. The Bertz CT molecular complexity index is 699. The van der Waals surface area contributed by atoms with Crippen molar-refractivity contribution < 1.29 is 9.53 Å². The summed E-state index contributed by atoms with van der Waals surface area (Å²) in [5.74, 6) is 0.533. The van der Waals surface area contributed by atoms with Crippen LogP contribution in [-0.2, 0) is 9.53 Å². The molecule has 1 aliphatic heterocycles. The lowest BCUT2D eigenvalue weighted by Gasteiger charge is -2.34. The zero-order chi connectivity index (χ0) is 15.6. The summed E-state index contributed by atoms with van der Waals surface area (Å²) in [4.78, 5) is 21.2. The van der Waals surface area contributed by atoms with Gasteiger partial charge in [0.2, 0.25) is 5.91 Å². The Hall–Kier alpha value is -1.72. The Balaban J connectivity index is 1.82. The molecule has 1 saturated heterocycles. The highest BCUT2D eigenvalue weighted by Gasteiger charge is 2.38. The Labute approximate surface area is 134 Å². The van der Waals surface area contributed by atoms with Gasteiger partial charge >= 0.3 is 0 Å². The van der Waals surface area contributed by atoms with Gasteiger partial charge in [0.15, 0.2) is 5.65 Å². The molecule has 3 heterocycles. The first-order valence-electron chi connectivity index (χ1n) is 7.44. The predicted molar refractivity (Wildman–Crippen MR) is 86.0 cm³/mol. The Morgan fingerprint density at radius 1 is 1.41 bits per heavy atom. The lowest BCUT2D eigenvalue weighted by Crippen LogP contribution is -2.40. The summed E-state index contributed by atoms with van der Waals surface area (Å²) < 4.78 is 5.38. The van der Waals surface area contributed by atoms with E-state index >= 15 is 0 Å². The highest BCUT2D eigenvalue weighted by Crippen LogP contribution is 2.35. The number of carbonyl (C=O) groups excluding carboxylic acids is 1. The van der Waals surface area contributed by atoms with Gasteiger partial charge in [-0.05, 0) is 37.5 Å². The van der Waals surface area contributed by atoms with E-state index in [4.69, 9.17) is 16.3 Å². The predicted octanol–water partition coefficient (Wildman–Crippen LogP) is 3.43. The second kappa shape index (κ2) is 6.18. The second-order valence-corrected chi connectivity index (χ2v) is 6.03. The van der Waals surface area contributed by atoms with Gasteiger partial charge in [-0.15, -0.1) is 0 Å². The molecule has 5 nitrogen and oxygen atoms in total. The van der Waals surface area contributed by atoms with Crippen molar-refractivity contribution >= 4 is 34.4 Å². The number of halogens is 1. The minimum atomic E-state index is -0.359. The van der Waals surface area contributed by atoms with Crippen molar-refractivity contribution in [3.8, 4) is 0 Å². The molecule has 0 saturated carbocycles. The number of nitrogens with one attached hydrogen (secondary N) is 1. The van der Waals surface area contributed by atoms with Gasteiger partial charge in [-0.1, -0.05) is 18.5 Å². The number of fused-ring (bicyclic) bond motifs is 1. The minimum absolute atomic E-state index is 0.0131. The van der Waals surface area contributed by atoms with Gasteiger partial charge in [0.05, 0.1) is 10.4 Å². The maximum atomic E-state index is 12.7. The van der Waals surface area contributed by atoms with Gasteiger partial charge in [-0.25, -0.2) is 9.97 Å². The van der Waals surface area contributed by atoms with E-state index in [1.54, 1.807) is 18.3 Å². The van der Waals surface area contributed by atoms with E-state index in [2.05, 4.69) is 15.3 Å². The van der Waals surface area contributed by atoms with Crippen LogP contribution in [0.1, 0.15) is 26.2 Å². The summed E-state index contributed by atoms with van der Waals surface area (Å²) in [6.07, 6.45) is 3.84. The quantitative estimate of drug-likeness (QED) is 0.941. The number of amides is 1. The molecular weight excluding hydrogens is 302 g/mol. The molecule has 22 heavy (non-hydrogen) atoms. The number of rotatable bonds is 3. The number of nitrogens with zero attached hydrogens (tertiary/aromatic N) is 2. The minimum Gasteiger partial charge on any atom is -0.381 e. The molecule has 116 valence electrons. The Morgan fingerprint density at radius 3 is 2.91 bits per heavy atom. The zero-order valence-corrected chi connectivity index (χ0v) is 13.2. The van der Waals surface area contributed by atoms with Crippen molar-refractivity contribution in [3.05, 3.63) is 29.4 Å². The average molecular weight is 320 g/mol. The maximum Gasteiger partial charge on any atom is 0.231 e. The maximum absolute atomic E-state index is 12.7. The fraction of sp³-hybridized carbons (Fsp3) is 0.438. The Morgan fingerprint density at radius 2 is 2.18 bits per heavy atom. The Kier molecular flexibility index (Phi) is 4.27. The van der Waals surface area contributed by atoms with Crippen molar-refractivity contribution in [3.63, 3.8) is 0 Å². The molecule has 0 aromatic carbocycles. The number of carbonyl (C=O) groups is 1. The lowest BCUT2D eigenvalue weighted by molar-refractivity contribution is -0.131. The summed E-state index contributed by atoms with van der Waals surface area (Å²) in [5.41, 5.74) is 0.210. The van der Waals surface area contributed by atoms with Gasteiger partial charge in [-0.2, -0.15) is 0 Å². The van der Waals surface area contributed by atoms with Gasteiger partial charge in [0.25, 0.3) is 0 Å². The van der Waals surface area contributed by atoms with Crippen molar-refractivity contribution in [2.75, 3.05) is 18.5 Å². The molecule has 1 amide bonds.